The number of nitrogens with one attached hydrogen (secondary N) is 1. The Morgan fingerprint density at radius 3 is 2.82 bits per heavy atom. The lowest BCUT2D eigenvalue weighted by molar-refractivity contribution is 0.0706. The highest BCUT2D eigenvalue weighted by atomic mass is 32.1. The van der Waals surface area contributed by atoms with Crippen molar-refractivity contribution in [1.29, 1.82) is 0 Å². The van der Waals surface area contributed by atoms with Crippen molar-refractivity contribution in [3.05, 3.63) is 64.8 Å². The van der Waals surface area contributed by atoms with Crippen LogP contribution in [0.3, 0.4) is 0 Å². The first kappa shape index (κ1) is 18.6. The van der Waals surface area contributed by atoms with E-state index < -0.39 is 0 Å². The zero-order valence-electron chi connectivity index (χ0n) is 15.8. The van der Waals surface area contributed by atoms with Gasteiger partial charge in [0.1, 0.15) is 10.8 Å². The molecule has 1 unspecified atom stereocenters. The Morgan fingerprint density at radius 1 is 1.18 bits per heavy atom. The summed E-state index contributed by atoms with van der Waals surface area (Å²) in [4.78, 5) is 19.5. The van der Waals surface area contributed by atoms with E-state index in [-0.39, 0.29) is 11.8 Å². The monoisotopic (exact) mass is 393 g/mol. The van der Waals surface area contributed by atoms with Crippen LogP contribution in [0.1, 0.15) is 46.7 Å². The first-order chi connectivity index (χ1) is 13.7. The molecule has 0 saturated carbocycles. The molecule has 1 N–H and O–H groups in total. The molecule has 7 heteroatoms. The first-order valence-electron chi connectivity index (χ1n) is 9.63. The second kappa shape index (κ2) is 8.48. The Bertz CT molecular complexity index is 943. The molecule has 1 fully saturated rings. The SMILES string of the molecule is CCc1nnc(Nc2cccc(C3CCCN(C(=O)c4ccccc4)C3)n2)s1. The van der Waals surface area contributed by atoms with Crippen molar-refractivity contribution in [2.45, 2.75) is 32.1 Å². The molecule has 1 amide bonds. The number of rotatable bonds is 5. The summed E-state index contributed by atoms with van der Waals surface area (Å²) in [5, 5.41) is 13.3. The summed E-state index contributed by atoms with van der Waals surface area (Å²) >= 11 is 1.54. The van der Waals surface area contributed by atoms with Crippen molar-refractivity contribution in [3.63, 3.8) is 0 Å². The van der Waals surface area contributed by atoms with Crippen LogP contribution in [0.4, 0.5) is 10.9 Å². The van der Waals surface area contributed by atoms with Gasteiger partial charge >= 0.3 is 0 Å². The maximum atomic E-state index is 12.8. The number of aryl methyl sites for hydroxylation is 1. The highest BCUT2D eigenvalue weighted by Gasteiger charge is 2.26. The van der Waals surface area contributed by atoms with Crippen molar-refractivity contribution in [2.24, 2.45) is 0 Å². The van der Waals surface area contributed by atoms with Gasteiger partial charge in [-0.3, -0.25) is 4.79 Å². The topological polar surface area (TPSA) is 71.0 Å². The van der Waals surface area contributed by atoms with Gasteiger partial charge in [0.05, 0.1) is 0 Å². The lowest BCUT2D eigenvalue weighted by Crippen LogP contribution is -2.39. The molecule has 0 bridgehead atoms. The van der Waals surface area contributed by atoms with E-state index in [0.29, 0.717) is 6.54 Å². The number of amides is 1. The molecule has 3 aromatic rings. The Balaban J connectivity index is 1.47. The van der Waals surface area contributed by atoms with E-state index in [0.717, 1.165) is 53.0 Å². The summed E-state index contributed by atoms with van der Waals surface area (Å²) in [6.45, 7) is 3.56. The van der Waals surface area contributed by atoms with Crippen LogP contribution in [0, 0.1) is 0 Å². The number of anilines is 2. The molecule has 1 aromatic carbocycles. The molecule has 2 aromatic heterocycles. The van der Waals surface area contributed by atoms with Crippen LogP contribution in [0.15, 0.2) is 48.5 Å². The number of likely N-dealkylation sites (tertiary alicyclic amines) is 1. The zero-order chi connectivity index (χ0) is 19.3. The fourth-order valence-electron chi connectivity index (χ4n) is 3.47. The number of hydrogen-bond acceptors (Lipinski definition) is 6. The van der Waals surface area contributed by atoms with Gasteiger partial charge in [0.15, 0.2) is 0 Å². The van der Waals surface area contributed by atoms with Crippen LogP contribution in [0.5, 0.6) is 0 Å². The molecule has 6 nitrogen and oxygen atoms in total. The number of piperidine rings is 1. The normalized spacial score (nSPS) is 16.8. The smallest absolute Gasteiger partial charge is 0.253 e. The van der Waals surface area contributed by atoms with E-state index in [2.05, 4.69) is 22.4 Å². The third-order valence-corrected chi connectivity index (χ3v) is 5.91. The maximum Gasteiger partial charge on any atom is 0.253 e. The van der Waals surface area contributed by atoms with Gasteiger partial charge in [0.2, 0.25) is 5.13 Å². The van der Waals surface area contributed by atoms with Gasteiger partial charge in [0, 0.05) is 30.3 Å². The molecular formula is C21H23N5OS. The number of carbonyl (C=O) groups is 1. The number of hydrogen-bond donors (Lipinski definition) is 1. The van der Waals surface area contributed by atoms with Crippen LogP contribution >= 0.6 is 11.3 Å². The third-order valence-electron chi connectivity index (χ3n) is 4.92. The number of nitrogens with zero attached hydrogens (tertiary/aromatic N) is 4. The van der Waals surface area contributed by atoms with Crippen molar-refractivity contribution >= 4 is 28.2 Å². The standard InChI is InChI=1S/C21H23N5OS/c1-2-19-24-25-21(28-19)23-18-12-6-11-17(22-18)16-10-7-13-26(14-16)20(27)15-8-4-3-5-9-15/h3-6,8-9,11-12,16H,2,7,10,13-14H2,1H3,(H,22,23,25). The Kier molecular flexibility index (Phi) is 5.62. The van der Waals surface area contributed by atoms with Gasteiger partial charge in [-0.1, -0.05) is 42.5 Å². The molecule has 1 atom stereocenters. The lowest BCUT2D eigenvalue weighted by Gasteiger charge is -2.32. The number of benzene rings is 1. The molecule has 144 valence electrons. The zero-order valence-corrected chi connectivity index (χ0v) is 16.7. The molecule has 3 heterocycles. The van der Waals surface area contributed by atoms with Gasteiger partial charge in [-0.05, 0) is 43.5 Å². The quantitative estimate of drug-likeness (QED) is 0.701. The van der Waals surface area contributed by atoms with Crippen LogP contribution in [-0.2, 0) is 6.42 Å². The minimum Gasteiger partial charge on any atom is -0.338 e. The van der Waals surface area contributed by atoms with E-state index in [4.69, 9.17) is 4.98 Å². The van der Waals surface area contributed by atoms with Crippen LogP contribution in [0.2, 0.25) is 0 Å². The van der Waals surface area contributed by atoms with E-state index in [1.54, 1.807) is 11.3 Å². The largest absolute Gasteiger partial charge is 0.338 e. The summed E-state index contributed by atoms with van der Waals surface area (Å²) in [5.74, 6) is 1.10. The van der Waals surface area contributed by atoms with Crippen molar-refractivity contribution in [2.75, 3.05) is 18.4 Å². The van der Waals surface area contributed by atoms with Gasteiger partial charge in [-0.15, -0.1) is 10.2 Å². The van der Waals surface area contributed by atoms with Crippen LogP contribution in [0.25, 0.3) is 0 Å². The Labute approximate surface area is 168 Å². The average molecular weight is 394 g/mol. The highest BCUT2D eigenvalue weighted by Crippen LogP contribution is 2.28. The maximum absolute atomic E-state index is 12.8. The summed E-state index contributed by atoms with van der Waals surface area (Å²) in [6.07, 6.45) is 2.90. The fraction of sp³-hybridized carbons (Fsp3) is 0.333. The second-order valence-electron chi connectivity index (χ2n) is 6.88. The minimum atomic E-state index is 0.0977. The fourth-order valence-corrected chi connectivity index (χ4v) is 4.16. The molecule has 0 radical (unpaired) electrons. The summed E-state index contributed by atoms with van der Waals surface area (Å²) in [6, 6.07) is 15.5. The Morgan fingerprint density at radius 2 is 2.04 bits per heavy atom. The number of aromatic nitrogens is 3. The van der Waals surface area contributed by atoms with Gasteiger partial charge in [0.25, 0.3) is 5.91 Å². The molecule has 28 heavy (non-hydrogen) atoms. The van der Waals surface area contributed by atoms with Crippen molar-refractivity contribution in [1.82, 2.24) is 20.1 Å². The summed E-state index contributed by atoms with van der Waals surface area (Å²) in [7, 11) is 0. The summed E-state index contributed by atoms with van der Waals surface area (Å²) in [5.41, 5.74) is 1.75. The Hall–Kier alpha value is -2.80. The average Bonchev–Trinajstić information content (AvgIpc) is 3.21. The van der Waals surface area contributed by atoms with Crippen molar-refractivity contribution < 1.29 is 4.79 Å². The predicted molar refractivity (Wildman–Crippen MR) is 111 cm³/mol. The van der Waals surface area contributed by atoms with E-state index in [9.17, 15) is 4.79 Å². The van der Waals surface area contributed by atoms with Gasteiger partial charge in [-0.2, -0.15) is 0 Å². The molecule has 1 saturated heterocycles. The van der Waals surface area contributed by atoms with Crippen LogP contribution < -0.4 is 5.32 Å². The lowest BCUT2D eigenvalue weighted by atomic mass is 9.93. The molecule has 0 spiro atoms. The minimum absolute atomic E-state index is 0.0977. The predicted octanol–water partition coefficient (Wildman–Crippen LogP) is 4.26. The van der Waals surface area contributed by atoms with E-state index in [1.807, 2.05) is 53.4 Å². The number of pyridine rings is 1. The first-order valence-corrected chi connectivity index (χ1v) is 10.4. The second-order valence-corrected chi connectivity index (χ2v) is 7.95. The molecule has 1 aliphatic heterocycles. The molecule has 0 aliphatic carbocycles. The highest BCUT2D eigenvalue weighted by molar-refractivity contribution is 7.15. The number of carbonyl (C=O) groups excluding carboxylic acids is 1. The van der Waals surface area contributed by atoms with Crippen LogP contribution in [-0.4, -0.2) is 39.1 Å². The summed E-state index contributed by atoms with van der Waals surface area (Å²) < 4.78 is 0. The van der Waals surface area contributed by atoms with Crippen molar-refractivity contribution in [3.8, 4) is 0 Å². The van der Waals surface area contributed by atoms with E-state index >= 15 is 0 Å². The molecule has 4 rings (SSSR count). The third kappa shape index (κ3) is 4.20. The van der Waals surface area contributed by atoms with Gasteiger partial charge in [-0.25, -0.2) is 4.98 Å². The van der Waals surface area contributed by atoms with E-state index in [1.165, 1.54) is 0 Å². The van der Waals surface area contributed by atoms with Gasteiger partial charge < -0.3 is 10.2 Å². The molecule has 1 aliphatic rings. The molecular weight excluding hydrogens is 370 g/mol.